The Morgan fingerprint density at radius 3 is 2.86 bits per heavy atom. The maximum Gasteiger partial charge on any atom is 0.307 e. The predicted octanol–water partition coefficient (Wildman–Crippen LogP) is 1.82. The molecule has 1 aliphatic rings. The van der Waals surface area contributed by atoms with E-state index in [1.165, 1.54) is 7.11 Å². The van der Waals surface area contributed by atoms with Crippen LogP contribution in [0.3, 0.4) is 0 Å². The molecule has 1 fully saturated rings. The lowest BCUT2D eigenvalue weighted by Gasteiger charge is -2.33. The number of methoxy groups -OCH3 is 1. The quantitative estimate of drug-likeness (QED) is 0.475. The fourth-order valence-electron chi connectivity index (χ4n) is 2.85. The number of hydrogen-bond acceptors (Lipinski definition) is 6. The third-order valence-corrected chi connectivity index (χ3v) is 4.64. The first-order chi connectivity index (χ1) is 13.4. The summed E-state index contributed by atoms with van der Waals surface area (Å²) < 4.78 is 10.2. The van der Waals surface area contributed by atoms with Crippen molar-refractivity contribution >= 4 is 35.1 Å². The molecule has 1 aromatic rings. The zero-order chi connectivity index (χ0) is 20.5. The standard InChI is InChI=1S/C19H26ClN3O5/c1-3-4-9-28-18(25)11-15-19(26)21-7-8-23(15)12-17(24)22-13-5-6-16(27-2)14(20)10-13/h5-6,10,15H,3-4,7-9,11-12H2,1-2H3,(H,21,26)(H,22,24). The Bertz CT molecular complexity index is 713. The molecule has 2 rings (SSSR count). The first kappa shape index (κ1) is 22.0. The van der Waals surface area contributed by atoms with Crippen LogP contribution in [-0.4, -0.2) is 62.1 Å². The van der Waals surface area contributed by atoms with Gasteiger partial charge < -0.3 is 20.1 Å². The van der Waals surface area contributed by atoms with Crippen molar-refractivity contribution in [1.82, 2.24) is 10.2 Å². The van der Waals surface area contributed by atoms with Gasteiger partial charge in [0.15, 0.2) is 0 Å². The summed E-state index contributed by atoms with van der Waals surface area (Å²) >= 11 is 6.07. The van der Waals surface area contributed by atoms with Crippen molar-refractivity contribution in [3.63, 3.8) is 0 Å². The van der Waals surface area contributed by atoms with E-state index >= 15 is 0 Å². The molecule has 28 heavy (non-hydrogen) atoms. The van der Waals surface area contributed by atoms with Gasteiger partial charge in [0.2, 0.25) is 11.8 Å². The Morgan fingerprint density at radius 1 is 1.39 bits per heavy atom. The summed E-state index contributed by atoms with van der Waals surface area (Å²) in [5.74, 6) is -0.517. The van der Waals surface area contributed by atoms with Gasteiger partial charge >= 0.3 is 5.97 Å². The molecule has 0 radical (unpaired) electrons. The third kappa shape index (κ3) is 6.38. The fourth-order valence-corrected chi connectivity index (χ4v) is 3.11. The van der Waals surface area contributed by atoms with Gasteiger partial charge in [0.1, 0.15) is 11.8 Å². The van der Waals surface area contributed by atoms with Crippen LogP contribution in [0.1, 0.15) is 26.2 Å². The summed E-state index contributed by atoms with van der Waals surface area (Å²) in [7, 11) is 1.51. The van der Waals surface area contributed by atoms with Crippen molar-refractivity contribution in [2.24, 2.45) is 0 Å². The second-order valence-corrected chi connectivity index (χ2v) is 6.86. The van der Waals surface area contributed by atoms with Crippen LogP contribution >= 0.6 is 11.6 Å². The van der Waals surface area contributed by atoms with E-state index in [9.17, 15) is 14.4 Å². The topological polar surface area (TPSA) is 97.0 Å². The SMILES string of the molecule is CCCCOC(=O)CC1C(=O)NCCN1CC(=O)Nc1ccc(OC)c(Cl)c1. The normalized spacial score (nSPS) is 17.0. The highest BCUT2D eigenvalue weighted by molar-refractivity contribution is 6.32. The molecule has 1 aromatic carbocycles. The molecule has 1 aliphatic heterocycles. The van der Waals surface area contributed by atoms with Gasteiger partial charge in [-0.05, 0) is 24.6 Å². The first-order valence-corrected chi connectivity index (χ1v) is 9.63. The van der Waals surface area contributed by atoms with E-state index in [2.05, 4.69) is 10.6 Å². The first-order valence-electron chi connectivity index (χ1n) is 9.25. The number of halogens is 1. The highest BCUT2D eigenvalue weighted by atomic mass is 35.5. The van der Waals surface area contributed by atoms with E-state index in [1.807, 2.05) is 6.92 Å². The Kier molecular flexibility index (Phi) is 8.53. The van der Waals surface area contributed by atoms with E-state index < -0.39 is 12.0 Å². The number of ether oxygens (including phenoxy) is 2. The van der Waals surface area contributed by atoms with Crippen LogP contribution in [0, 0.1) is 0 Å². The highest BCUT2D eigenvalue weighted by Crippen LogP contribution is 2.27. The van der Waals surface area contributed by atoms with Crippen LogP contribution in [-0.2, 0) is 19.1 Å². The molecule has 0 aliphatic carbocycles. The van der Waals surface area contributed by atoms with Gasteiger partial charge in [0.25, 0.3) is 0 Å². The van der Waals surface area contributed by atoms with Crippen molar-refractivity contribution in [2.45, 2.75) is 32.2 Å². The number of piperazine rings is 1. The molecule has 0 spiro atoms. The summed E-state index contributed by atoms with van der Waals surface area (Å²) in [4.78, 5) is 38.3. The minimum Gasteiger partial charge on any atom is -0.495 e. The zero-order valence-corrected chi connectivity index (χ0v) is 16.9. The summed E-state index contributed by atoms with van der Waals surface area (Å²) in [5.41, 5.74) is 0.521. The number of unbranched alkanes of at least 4 members (excludes halogenated alkanes) is 1. The molecule has 1 heterocycles. The molecule has 1 atom stereocenters. The van der Waals surface area contributed by atoms with Crippen LogP contribution in [0.4, 0.5) is 5.69 Å². The molecule has 8 nitrogen and oxygen atoms in total. The van der Waals surface area contributed by atoms with E-state index in [4.69, 9.17) is 21.1 Å². The molecule has 1 unspecified atom stereocenters. The molecular formula is C19H26ClN3O5. The Balaban J connectivity index is 1.95. The van der Waals surface area contributed by atoms with Crippen LogP contribution in [0.25, 0.3) is 0 Å². The Hall–Kier alpha value is -2.32. The minimum absolute atomic E-state index is 0.0238. The number of amides is 2. The average Bonchev–Trinajstić information content (AvgIpc) is 2.65. The highest BCUT2D eigenvalue weighted by Gasteiger charge is 2.33. The van der Waals surface area contributed by atoms with Gasteiger partial charge in [0.05, 0.1) is 31.7 Å². The fraction of sp³-hybridized carbons (Fsp3) is 0.526. The van der Waals surface area contributed by atoms with Crippen molar-refractivity contribution in [3.05, 3.63) is 23.2 Å². The van der Waals surface area contributed by atoms with Crippen LogP contribution in [0.15, 0.2) is 18.2 Å². The second kappa shape index (κ2) is 10.9. The number of anilines is 1. The number of carbonyl (C=O) groups is 3. The van der Waals surface area contributed by atoms with E-state index in [1.54, 1.807) is 23.1 Å². The number of esters is 1. The van der Waals surface area contributed by atoms with Crippen molar-refractivity contribution < 1.29 is 23.9 Å². The van der Waals surface area contributed by atoms with Gasteiger partial charge in [-0.3, -0.25) is 19.3 Å². The number of benzene rings is 1. The molecule has 2 N–H and O–H groups in total. The van der Waals surface area contributed by atoms with Crippen molar-refractivity contribution in [2.75, 3.05) is 38.7 Å². The summed E-state index contributed by atoms with van der Waals surface area (Å²) in [6.07, 6.45) is 1.61. The van der Waals surface area contributed by atoms with E-state index in [0.29, 0.717) is 36.2 Å². The van der Waals surface area contributed by atoms with Gasteiger partial charge in [-0.15, -0.1) is 0 Å². The Labute approximate surface area is 169 Å². The van der Waals surface area contributed by atoms with E-state index in [0.717, 1.165) is 12.8 Å². The lowest BCUT2D eigenvalue weighted by atomic mass is 10.1. The number of rotatable bonds is 9. The maximum atomic E-state index is 12.4. The monoisotopic (exact) mass is 411 g/mol. The molecule has 1 saturated heterocycles. The second-order valence-electron chi connectivity index (χ2n) is 6.45. The average molecular weight is 412 g/mol. The number of nitrogens with one attached hydrogen (secondary N) is 2. The van der Waals surface area contributed by atoms with Gasteiger partial charge in [-0.2, -0.15) is 0 Å². The predicted molar refractivity (Wildman–Crippen MR) is 105 cm³/mol. The third-order valence-electron chi connectivity index (χ3n) is 4.34. The van der Waals surface area contributed by atoms with E-state index in [-0.39, 0.29) is 24.8 Å². The molecule has 0 aromatic heterocycles. The number of hydrogen-bond donors (Lipinski definition) is 2. The molecule has 0 bridgehead atoms. The maximum absolute atomic E-state index is 12.4. The van der Waals surface area contributed by atoms with Crippen molar-refractivity contribution in [3.8, 4) is 5.75 Å². The summed E-state index contributed by atoms with van der Waals surface area (Å²) in [6, 6.07) is 4.19. The number of nitrogens with zero attached hydrogens (tertiary/aromatic N) is 1. The lowest BCUT2D eigenvalue weighted by molar-refractivity contribution is -0.149. The van der Waals surface area contributed by atoms with Crippen LogP contribution in [0.5, 0.6) is 5.75 Å². The van der Waals surface area contributed by atoms with Crippen LogP contribution < -0.4 is 15.4 Å². The van der Waals surface area contributed by atoms with Gasteiger partial charge in [-0.1, -0.05) is 24.9 Å². The summed E-state index contributed by atoms with van der Waals surface area (Å²) in [5, 5.41) is 5.85. The van der Waals surface area contributed by atoms with Gasteiger partial charge in [0, 0.05) is 18.8 Å². The van der Waals surface area contributed by atoms with Crippen molar-refractivity contribution in [1.29, 1.82) is 0 Å². The molecule has 154 valence electrons. The largest absolute Gasteiger partial charge is 0.495 e. The minimum atomic E-state index is -0.729. The number of carbonyl (C=O) groups excluding carboxylic acids is 3. The van der Waals surface area contributed by atoms with Crippen LogP contribution in [0.2, 0.25) is 5.02 Å². The summed E-state index contributed by atoms with van der Waals surface area (Å²) in [6.45, 7) is 3.20. The van der Waals surface area contributed by atoms with Gasteiger partial charge in [-0.25, -0.2) is 0 Å². The molecule has 0 saturated carbocycles. The lowest BCUT2D eigenvalue weighted by Crippen LogP contribution is -2.57. The zero-order valence-electron chi connectivity index (χ0n) is 16.1. The Morgan fingerprint density at radius 2 is 2.18 bits per heavy atom. The molecule has 9 heteroatoms. The molecule has 2 amide bonds. The smallest absolute Gasteiger partial charge is 0.307 e. The molecular weight excluding hydrogens is 386 g/mol.